The summed E-state index contributed by atoms with van der Waals surface area (Å²) >= 11 is 0.916. The average molecular weight is 424 g/mol. The minimum Gasteiger partial charge on any atom is -0.454 e. The maximum absolute atomic E-state index is 12.5. The molecule has 2 aromatic carbocycles. The van der Waals surface area contributed by atoms with E-state index < -0.39 is 0 Å². The van der Waals surface area contributed by atoms with E-state index in [1.807, 2.05) is 48.5 Å². The summed E-state index contributed by atoms with van der Waals surface area (Å²) in [7, 11) is 0. The van der Waals surface area contributed by atoms with Crippen LogP contribution in [0.5, 0.6) is 11.5 Å². The monoisotopic (exact) mass is 424 g/mol. The number of fused-ring (bicyclic) bond motifs is 1. The minimum atomic E-state index is -0.330. The largest absolute Gasteiger partial charge is 0.454 e. The maximum Gasteiger partial charge on any atom is 0.293 e. The fraction of sp³-hybridized carbons (Fsp3) is 0.227. The third-order valence-corrected chi connectivity index (χ3v) is 5.61. The molecule has 2 heterocycles. The van der Waals surface area contributed by atoms with Crippen molar-refractivity contribution in [3.8, 4) is 11.5 Å². The number of aryl methyl sites for hydroxylation is 1. The Labute approximate surface area is 178 Å². The molecule has 1 saturated heterocycles. The van der Waals surface area contributed by atoms with Gasteiger partial charge in [-0.1, -0.05) is 36.4 Å². The zero-order valence-electron chi connectivity index (χ0n) is 16.1. The van der Waals surface area contributed by atoms with Gasteiger partial charge in [-0.05, 0) is 47.5 Å². The van der Waals surface area contributed by atoms with Crippen molar-refractivity contribution in [2.24, 2.45) is 0 Å². The third kappa shape index (κ3) is 4.65. The highest BCUT2D eigenvalue weighted by Gasteiger charge is 2.34. The summed E-state index contributed by atoms with van der Waals surface area (Å²) in [6, 6.07) is 15.0. The van der Waals surface area contributed by atoms with E-state index in [-0.39, 0.29) is 36.9 Å². The van der Waals surface area contributed by atoms with Crippen molar-refractivity contribution >= 4 is 34.9 Å². The molecule has 0 atom stereocenters. The van der Waals surface area contributed by atoms with Crippen molar-refractivity contribution in [3.05, 3.63) is 64.6 Å². The van der Waals surface area contributed by atoms with Crippen LogP contribution in [0.3, 0.4) is 0 Å². The molecule has 1 N–H and O–H groups in total. The van der Waals surface area contributed by atoms with Gasteiger partial charge in [0, 0.05) is 19.5 Å². The summed E-state index contributed by atoms with van der Waals surface area (Å²) in [5, 5.41) is 2.45. The molecule has 0 radical (unpaired) electrons. The van der Waals surface area contributed by atoms with Gasteiger partial charge in [0.15, 0.2) is 11.5 Å². The topological polar surface area (TPSA) is 84.9 Å². The van der Waals surface area contributed by atoms with Crippen LogP contribution >= 0.6 is 11.8 Å². The highest BCUT2D eigenvalue weighted by molar-refractivity contribution is 8.18. The van der Waals surface area contributed by atoms with Crippen LogP contribution < -0.4 is 14.8 Å². The van der Waals surface area contributed by atoms with E-state index in [1.54, 1.807) is 6.08 Å². The number of amides is 3. The Kier molecular flexibility index (Phi) is 6.04. The third-order valence-electron chi connectivity index (χ3n) is 4.71. The molecule has 7 nitrogen and oxygen atoms in total. The van der Waals surface area contributed by atoms with Crippen molar-refractivity contribution in [1.29, 1.82) is 0 Å². The molecular formula is C22H20N2O5S. The van der Waals surface area contributed by atoms with Crippen molar-refractivity contribution in [1.82, 2.24) is 10.2 Å². The predicted octanol–water partition coefficient (Wildman–Crippen LogP) is 3.20. The lowest BCUT2D eigenvalue weighted by molar-refractivity contribution is -0.124. The van der Waals surface area contributed by atoms with Crippen LogP contribution in [0, 0.1) is 0 Å². The van der Waals surface area contributed by atoms with Gasteiger partial charge in [0.1, 0.15) is 0 Å². The van der Waals surface area contributed by atoms with Crippen molar-refractivity contribution in [3.63, 3.8) is 0 Å². The van der Waals surface area contributed by atoms with Gasteiger partial charge in [-0.3, -0.25) is 19.3 Å². The SMILES string of the molecule is O=C(CCc1ccc2c(c1)OCO2)NCCN1C(=O)S/C(=C/c2ccccc2)C1=O. The number of rotatable bonds is 7. The smallest absolute Gasteiger partial charge is 0.293 e. The van der Waals surface area contributed by atoms with Gasteiger partial charge in [0.25, 0.3) is 11.1 Å². The predicted molar refractivity (Wildman–Crippen MR) is 113 cm³/mol. The molecule has 2 aliphatic heterocycles. The van der Waals surface area contributed by atoms with Gasteiger partial charge in [-0.15, -0.1) is 0 Å². The molecule has 0 aliphatic carbocycles. The summed E-state index contributed by atoms with van der Waals surface area (Å²) in [6.45, 7) is 0.580. The molecule has 154 valence electrons. The first kappa shape index (κ1) is 20.0. The van der Waals surface area contributed by atoms with Crippen LogP contribution in [0.1, 0.15) is 17.5 Å². The number of nitrogens with one attached hydrogen (secondary N) is 1. The minimum absolute atomic E-state index is 0.139. The molecule has 0 aromatic heterocycles. The number of hydrogen-bond donors (Lipinski definition) is 1. The van der Waals surface area contributed by atoms with E-state index in [4.69, 9.17) is 9.47 Å². The molecule has 0 bridgehead atoms. The summed E-state index contributed by atoms with van der Waals surface area (Å²) in [5.41, 5.74) is 1.84. The molecule has 4 rings (SSSR count). The number of benzene rings is 2. The molecule has 2 aromatic rings. The summed E-state index contributed by atoms with van der Waals surface area (Å²) < 4.78 is 10.6. The van der Waals surface area contributed by atoms with Crippen LogP contribution in [-0.2, 0) is 16.0 Å². The normalized spacial score (nSPS) is 16.4. The Bertz CT molecular complexity index is 1010. The molecule has 1 fully saturated rings. The van der Waals surface area contributed by atoms with Crippen LogP contribution in [0.4, 0.5) is 4.79 Å². The van der Waals surface area contributed by atoms with Gasteiger partial charge in [0.2, 0.25) is 12.7 Å². The molecule has 0 spiro atoms. The fourth-order valence-corrected chi connectivity index (χ4v) is 4.01. The maximum atomic E-state index is 12.5. The molecule has 2 aliphatic rings. The number of ether oxygens (including phenoxy) is 2. The summed E-state index contributed by atoms with van der Waals surface area (Å²) in [4.78, 5) is 38.3. The van der Waals surface area contributed by atoms with Gasteiger partial charge >= 0.3 is 0 Å². The van der Waals surface area contributed by atoms with E-state index in [9.17, 15) is 14.4 Å². The lowest BCUT2D eigenvalue weighted by Crippen LogP contribution is -2.37. The Morgan fingerprint density at radius 2 is 1.90 bits per heavy atom. The molecule has 8 heteroatoms. The number of nitrogens with zero attached hydrogens (tertiary/aromatic N) is 1. The Hall–Kier alpha value is -3.26. The van der Waals surface area contributed by atoms with Crippen molar-refractivity contribution < 1.29 is 23.9 Å². The van der Waals surface area contributed by atoms with E-state index in [2.05, 4.69) is 5.32 Å². The summed E-state index contributed by atoms with van der Waals surface area (Å²) in [5.74, 6) is 0.931. The Morgan fingerprint density at radius 1 is 1.10 bits per heavy atom. The second kappa shape index (κ2) is 9.04. The first-order valence-corrected chi connectivity index (χ1v) is 10.4. The first-order chi connectivity index (χ1) is 14.6. The number of hydrogen-bond acceptors (Lipinski definition) is 6. The summed E-state index contributed by atoms with van der Waals surface area (Å²) in [6.07, 6.45) is 2.56. The standard InChI is InChI=1S/C22H20N2O5S/c25-20(9-7-16-6-8-17-18(12-16)29-14-28-17)23-10-11-24-21(26)19(30-22(24)27)13-15-4-2-1-3-5-15/h1-6,8,12-13H,7,9-11,14H2,(H,23,25)/b19-13+. The van der Waals surface area contributed by atoms with Gasteiger partial charge in [-0.25, -0.2) is 0 Å². The average Bonchev–Trinajstić information content (AvgIpc) is 3.32. The van der Waals surface area contributed by atoms with E-state index in [1.165, 1.54) is 0 Å². The Morgan fingerprint density at radius 3 is 2.73 bits per heavy atom. The number of imide groups is 1. The highest BCUT2D eigenvalue weighted by Crippen LogP contribution is 2.33. The quantitative estimate of drug-likeness (QED) is 0.687. The first-order valence-electron chi connectivity index (χ1n) is 9.56. The fourth-order valence-electron chi connectivity index (χ4n) is 3.14. The van der Waals surface area contributed by atoms with E-state index in [0.717, 1.165) is 27.8 Å². The van der Waals surface area contributed by atoms with Crippen LogP contribution in [-0.4, -0.2) is 41.8 Å². The number of carbonyl (C=O) groups is 3. The van der Waals surface area contributed by atoms with Gasteiger partial charge in [0.05, 0.1) is 4.91 Å². The van der Waals surface area contributed by atoms with Gasteiger partial charge in [-0.2, -0.15) is 0 Å². The zero-order valence-corrected chi connectivity index (χ0v) is 16.9. The molecule has 0 unspecified atom stereocenters. The molecule has 0 saturated carbocycles. The van der Waals surface area contributed by atoms with Crippen LogP contribution in [0.15, 0.2) is 53.4 Å². The lowest BCUT2D eigenvalue weighted by Gasteiger charge is -2.13. The van der Waals surface area contributed by atoms with Crippen molar-refractivity contribution in [2.75, 3.05) is 19.9 Å². The zero-order chi connectivity index (χ0) is 20.9. The second-order valence-corrected chi connectivity index (χ2v) is 7.77. The van der Waals surface area contributed by atoms with E-state index in [0.29, 0.717) is 29.2 Å². The van der Waals surface area contributed by atoms with Crippen LogP contribution in [0.25, 0.3) is 6.08 Å². The number of carbonyl (C=O) groups excluding carboxylic acids is 3. The second-order valence-electron chi connectivity index (χ2n) is 6.78. The van der Waals surface area contributed by atoms with Gasteiger partial charge < -0.3 is 14.8 Å². The van der Waals surface area contributed by atoms with Crippen LogP contribution in [0.2, 0.25) is 0 Å². The lowest BCUT2D eigenvalue weighted by atomic mass is 10.1. The molecule has 30 heavy (non-hydrogen) atoms. The molecule has 3 amide bonds. The molecular weight excluding hydrogens is 404 g/mol. The van der Waals surface area contributed by atoms with Crippen molar-refractivity contribution in [2.45, 2.75) is 12.8 Å². The number of thioether (sulfide) groups is 1. The highest BCUT2D eigenvalue weighted by atomic mass is 32.2. The Balaban J connectivity index is 1.24. The van der Waals surface area contributed by atoms with E-state index >= 15 is 0 Å².